The van der Waals surface area contributed by atoms with Gasteiger partial charge >= 0.3 is 0 Å². The summed E-state index contributed by atoms with van der Waals surface area (Å²) in [5.74, 6) is 0. The lowest BCUT2D eigenvalue weighted by atomic mass is 10.2. The summed E-state index contributed by atoms with van der Waals surface area (Å²) in [7, 11) is 0. The van der Waals surface area contributed by atoms with Gasteiger partial charge in [-0.05, 0) is 17.7 Å². The van der Waals surface area contributed by atoms with Crippen LogP contribution in [0.3, 0.4) is 0 Å². The highest BCUT2D eigenvalue weighted by Gasteiger charge is 2.04. The summed E-state index contributed by atoms with van der Waals surface area (Å²) < 4.78 is 0.00541. The van der Waals surface area contributed by atoms with E-state index in [4.69, 9.17) is 46.3 Å². The van der Waals surface area contributed by atoms with Crippen molar-refractivity contribution in [3.8, 4) is 0 Å². The van der Waals surface area contributed by atoms with E-state index in [9.17, 15) is 0 Å². The number of anilines is 2. The molecule has 0 saturated carbocycles. The first kappa shape index (κ1) is 10.5. The van der Waals surface area contributed by atoms with Crippen molar-refractivity contribution < 1.29 is 0 Å². The average molecular weight is 238 g/mol. The maximum atomic E-state index is 5.78. The van der Waals surface area contributed by atoms with Crippen LogP contribution in [0.25, 0.3) is 5.03 Å². The van der Waals surface area contributed by atoms with E-state index in [-0.39, 0.29) is 9.52 Å². The van der Waals surface area contributed by atoms with E-state index in [1.54, 1.807) is 18.2 Å². The lowest BCUT2D eigenvalue weighted by Crippen LogP contribution is -1.94. The molecule has 0 fully saturated rings. The van der Waals surface area contributed by atoms with Crippen molar-refractivity contribution in [1.82, 2.24) is 0 Å². The third kappa shape index (κ3) is 2.44. The second kappa shape index (κ2) is 4.09. The maximum Gasteiger partial charge on any atom is 0.126 e. The van der Waals surface area contributed by atoms with Gasteiger partial charge in [0.1, 0.15) is 4.49 Å². The molecule has 1 aromatic rings. The van der Waals surface area contributed by atoms with Crippen molar-refractivity contribution >= 4 is 51.2 Å². The molecule has 0 aliphatic rings. The van der Waals surface area contributed by atoms with Crippen LogP contribution in [0, 0.1) is 0 Å². The Morgan fingerprint density at radius 3 is 2.08 bits per heavy atom. The number of nitrogen functional groups attached to an aromatic ring is 2. The van der Waals surface area contributed by atoms with Crippen LogP contribution in [-0.4, -0.2) is 0 Å². The Hall–Kier alpha value is -0.570. The molecule has 0 spiro atoms. The van der Waals surface area contributed by atoms with Crippen molar-refractivity contribution in [2.45, 2.75) is 0 Å². The van der Waals surface area contributed by atoms with Gasteiger partial charge in [-0.1, -0.05) is 40.9 Å². The van der Waals surface area contributed by atoms with E-state index in [0.29, 0.717) is 16.9 Å². The summed E-state index contributed by atoms with van der Waals surface area (Å²) in [6.45, 7) is 0. The minimum absolute atomic E-state index is 0.00541. The van der Waals surface area contributed by atoms with Gasteiger partial charge in [0.15, 0.2) is 0 Å². The maximum absolute atomic E-state index is 5.78. The summed E-state index contributed by atoms with van der Waals surface area (Å²) in [6, 6.07) is 4.95. The van der Waals surface area contributed by atoms with Crippen molar-refractivity contribution in [3.05, 3.63) is 28.3 Å². The van der Waals surface area contributed by atoms with Crippen LogP contribution in [0.4, 0.5) is 11.4 Å². The fourth-order valence-corrected chi connectivity index (χ4v) is 1.16. The van der Waals surface area contributed by atoms with Crippen LogP contribution in [0.15, 0.2) is 22.7 Å². The van der Waals surface area contributed by atoms with Crippen LogP contribution < -0.4 is 11.5 Å². The third-order valence-corrected chi connectivity index (χ3v) is 2.48. The van der Waals surface area contributed by atoms with Crippen molar-refractivity contribution in [1.29, 1.82) is 0 Å². The van der Waals surface area contributed by atoms with Crippen LogP contribution in [0.1, 0.15) is 5.56 Å². The molecule has 4 N–H and O–H groups in total. The summed E-state index contributed by atoms with van der Waals surface area (Å²) in [6.07, 6.45) is 0. The third-order valence-electron chi connectivity index (χ3n) is 1.51. The lowest BCUT2D eigenvalue weighted by Gasteiger charge is -2.03. The first-order valence-corrected chi connectivity index (χ1v) is 4.52. The number of halogens is 3. The largest absolute Gasteiger partial charge is 0.397 e. The standard InChI is InChI=1S/C8H7Cl3N2/c9-7(8(10)11)4-1-2-5(12)6(13)3-4/h1-3H,12-13H2. The highest BCUT2D eigenvalue weighted by Crippen LogP contribution is 2.30. The van der Waals surface area contributed by atoms with E-state index in [2.05, 4.69) is 0 Å². The summed E-state index contributed by atoms with van der Waals surface area (Å²) in [5, 5.41) is 0.259. The van der Waals surface area contributed by atoms with Crippen LogP contribution in [0.2, 0.25) is 0 Å². The van der Waals surface area contributed by atoms with E-state index in [0.717, 1.165) is 0 Å². The van der Waals surface area contributed by atoms with Crippen LogP contribution in [0.5, 0.6) is 0 Å². The minimum Gasteiger partial charge on any atom is -0.397 e. The number of benzene rings is 1. The lowest BCUT2D eigenvalue weighted by molar-refractivity contribution is 1.62. The molecule has 0 saturated heterocycles. The molecule has 1 rings (SSSR count). The summed E-state index contributed by atoms with van der Waals surface area (Å²) in [5.41, 5.74) is 12.7. The Labute approximate surface area is 91.1 Å². The molecule has 70 valence electrons. The van der Waals surface area contributed by atoms with Crippen molar-refractivity contribution in [2.75, 3.05) is 11.5 Å². The van der Waals surface area contributed by atoms with Gasteiger partial charge in [-0.15, -0.1) is 0 Å². The van der Waals surface area contributed by atoms with E-state index >= 15 is 0 Å². The van der Waals surface area contributed by atoms with Gasteiger partial charge in [0, 0.05) is 0 Å². The van der Waals surface area contributed by atoms with Crippen LogP contribution >= 0.6 is 34.8 Å². The van der Waals surface area contributed by atoms with Gasteiger partial charge < -0.3 is 11.5 Å². The van der Waals surface area contributed by atoms with Gasteiger partial charge in [0.25, 0.3) is 0 Å². The normalized spacial score (nSPS) is 9.77. The molecule has 0 atom stereocenters. The molecule has 0 heterocycles. The predicted octanol–water partition coefficient (Wildman–Crippen LogP) is 3.19. The summed E-state index contributed by atoms with van der Waals surface area (Å²) in [4.78, 5) is 0. The average Bonchev–Trinajstić information content (AvgIpc) is 2.08. The molecular formula is C8H7Cl3N2. The number of nitrogens with two attached hydrogens (primary N) is 2. The molecule has 0 amide bonds. The first-order valence-electron chi connectivity index (χ1n) is 3.38. The highest BCUT2D eigenvalue weighted by atomic mass is 35.5. The second-order valence-electron chi connectivity index (χ2n) is 2.42. The van der Waals surface area contributed by atoms with Crippen LogP contribution in [-0.2, 0) is 0 Å². The van der Waals surface area contributed by atoms with Gasteiger partial charge in [-0.2, -0.15) is 0 Å². The highest BCUT2D eigenvalue weighted by molar-refractivity contribution is 6.66. The quantitative estimate of drug-likeness (QED) is 0.737. The van der Waals surface area contributed by atoms with Gasteiger partial charge in [0.05, 0.1) is 16.4 Å². The SMILES string of the molecule is Nc1ccc(C(Cl)=C(Cl)Cl)cc1N. The number of hydrogen-bond acceptors (Lipinski definition) is 2. The van der Waals surface area contributed by atoms with Crippen molar-refractivity contribution in [3.63, 3.8) is 0 Å². The fraction of sp³-hybridized carbons (Fsp3) is 0. The monoisotopic (exact) mass is 236 g/mol. The molecular weight excluding hydrogens is 230 g/mol. The molecule has 0 bridgehead atoms. The molecule has 0 unspecified atom stereocenters. The van der Waals surface area contributed by atoms with E-state index < -0.39 is 0 Å². The Balaban J connectivity index is 3.19. The van der Waals surface area contributed by atoms with Gasteiger partial charge in [0.2, 0.25) is 0 Å². The Morgan fingerprint density at radius 2 is 1.62 bits per heavy atom. The number of rotatable bonds is 1. The zero-order valence-corrected chi connectivity index (χ0v) is 8.79. The zero-order chi connectivity index (χ0) is 10.0. The Bertz CT molecular complexity index is 356. The molecule has 1 aromatic carbocycles. The van der Waals surface area contributed by atoms with E-state index in [1.165, 1.54) is 0 Å². The van der Waals surface area contributed by atoms with Gasteiger partial charge in [-0.25, -0.2) is 0 Å². The van der Waals surface area contributed by atoms with Gasteiger partial charge in [-0.3, -0.25) is 0 Å². The Kier molecular flexibility index (Phi) is 3.31. The molecule has 0 aliphatic heterocycles. The number of hydrogen-bond donors (Lipinski definition) is 2. The topological polar surface area (TPSA) is 52.0 Å². The predicted molar refractivity (Wildman–Crippen MR) is 59.7 cm³/mol. The first-order chi connectivity index (χ1) is 6.02. The molecule has 0 aromatic heterocycles. The molecule has 13 heavy (non-hydrogen) atoms. The molecule has 5 heteroatoms. The van der Waals surface area contributed by atoms with E-state index in [1.807, 2.05) is 0 Å². The second-order valence-corrected chi connectivity index (χ2v) is 3.75. The van der Waals surface area contributed by atoms with Crippen molar-refractivity contribution in [2.24, 2.45) is 0 Å². The summed E-state index contributed by atoms with van der Waals surface area (Å²) >= 11 is 16.8. The molecule has 2 nitrogen and oxygen atoms in total. The minimum atomic E-state index is 0.00541. The molecule has 0 aliphatic carbocycles. The Morgan fingerprint density at radius 1 is 1.00 bits per heavy atom. The smallest absolute Gasteiger partial charge is 0.126 e. The molecule has 0 radical (unpaired) electrons. The zero-order valence-electron chi connectivity index (χ0n) is 6.52. The fourth-order valence-electron chi connectivity index (χ4n) is 0.820.